The lowest BCUT2D eigenvalue weighted by Crippen LogP contribution is -2.61. The van der Waals surface area contributed by atoms with Crippen molar-refractivity contribution < 1.29 is 32.8 Å². The Hall–Kier alpha value is -5.90. The monoisotopic (exact) mass is 718 g/mol. The van der Waals surface area contributed by atoms with Crippen molar-refractivity contribution in [1.82, 2.24) is 0 Å². The maximum atomic E-state index is 7.13. The summed E-state index contributed by atoms with van der Waals surface area (Å²) in [5.74, 6) is 5.47. The van der Waals surface area contributed by atoms with Gasteiger partial charge in [-0.2, -0.15) is 0 Å². The van der Waals surface area contributed by atoms with E-state index in [0.717, 1.165) is 102 Å². The largest absolute Gasteiger partial charge is 0.454 e. The zero-order chi connectivity index (χ0) is 36.8. The van der Waals surface area contributed by atoms with E-state index in [2.05, 4.69) is 119 Å². The molecule has 0 saturated heterocycles. The Morgan fingerprint density at radius 2 is 1.33 bits per heavy atom. The fourth-order valence-electron chi connectivity index (χ4n) is 8.95. The van der Waals surface area contributed by atoms with Gasteiger partial charge in [0.25, 0.3) is 6.71 Å². The van der Waals surface area contributed by atoms with Crippen molar-refractivity contribution in [2.75, 3.05) is 30.2 Å². The summed E-state index contributed by atoms with van der Waals surface area (Å²) in [5.41, 5.74) is 13.8. The molecule has 11 rings (SSSR count). The third-order valence-electron chi connectivity index (χ3n) is 11.6. The molecule has 1 aromatic heterocycles. The molecule has 5 aliphatic rings. The lowest BCUT2D eigenvalue weighted by molar-refractivity contribution is 0.173. The highest BCUT2D eigenvalue weighted by molar-refractivity contribution is 7.01. The Kier molecular flexibility index (Phi) is 6.35. The van der Waals surface area contributed by atoms with Gasteiger partial charge in [-0.05, 0) is 101 Å². The van der Waals surface area contributed by atoms with Crippen molar-refractivity contribution in [3.05, 3.63) is 89.0 Å². The van der Waals surface area contributed by atoms with Crippen LogP contribution in [0.25, 0.3) is 11.0 Å². The number of fused-ring (bicyclic) bond motifs is 9. The first-order valence-electron chi connectivity index (χ1n) is 18.6. The molecular weight excluding hydrogens is 679 g/mol. The Labute approximate surface area is 314 Å². The van der Waals surface area contributed by atoms with E-state index in [1.165, 1.54) is 16.6 Å². The molecule has 5 aromatic carbocycles. The van der Waals surface area contributed by atoms with E-state index in [1.807, 2.05) is 6.07 Å². The Balaban J connectivity index is 1.29. The first-order valence-corrected chi connectivity index (χ1v) is 18.6. The fraction of sp³-hybridized carbons (Fsp3) is 0.273. The summed E-state index contributed by atoms with van der Waals surface area (Å²) in [4.78, 5) is 4.70. The number of benzene rings is 5. The van der Waals surface area contributed by atoms with Crippen molar-refractivity contribution in [1.29, 1.82) is 0 Å². The van der Waals surface area contributed by atoms with Crippen molar-refractivity contribution in [2.24, 2.45) is 0 Å². The summed E-state index contributed by atoms with van der Waals surface area (Å²) in [7, 11) is 0. The minimum Gasteiger partial charge on any atom is -0.454 e. The second kappa shape index (κ2) is 10.8. The van der Waals surface area contributed by atoms with Gasteiger partial charge in [-0.15, -0.1) is 0 Å². The van der Waals surface area contributed by atoms with Crippen LogP contribution in [0.2, 0.25) is 0 Å². The molecule has 9 nitrogen and oxygen atoms in total. The molecule has 0 amide bonds. The first-order chi connectivity index (χ1) is 26.0. The van der Waals surface area contributed by atoms with Crippen LogP contribution in [-0.4, -0.2) is 27.1 Å². The predicted molar refractivity (Wildman–Crippen MR) is 211 cm³/mol. The Bertz CT molecular complexity index is 2620. The second-order valence-electron chi connectivity index (χ2n) is 16.2. The fourth-order valence-corrected chi connectivity index (χ4v) is 8.95. The number of ether oxygens (including phenoxy) is 6. The van der Waals surface area contributed by atoms with Crippen LogP contribution in [0.4, 0.5) is 34.3 Å². The van der Waals surface area contributed by atoms with E-state index in [9.17, 15) is 0 Å². The van der Waals surface area contributed by atoms with Crippen LogP contribution in [0.3, 0.4) is 0 Å². The molecular formula is C44H39BN2O7. The van der Waals surface area contributed by atoms with E-state index >= 15 is 0 Å². The molecule has 6 heterocycles. The summed E-state index contributed by atoms with van der Waals surface area (Å²) in [5, 5.41) is 1.09. The van der Waals surface area contributed by atoms with Crippen molar-refractivity contribution in [3.8, 4) is 34.5 Å². The summed E-state index contributed by atoms with van der Waals surface area (Å²) in [6, 6.07) is 24.0. The summed E-state index contributed by atoms with van der Waals surface area (Å²) in [6.45, 7) is 15.9. The molecule has 0 radical (unpaired) electrons. The van der Waals surface area contributed by atoms with Gasteiger partial charge in [-0.1, -0.05) is 40.7 Å². The van der Waals surface area contributed by atoms with E-state index in [1.54, 1.807) is 0 Å². The van der Waals surface area contributed by atoms with Gasteiger partial charge in [0.15, 0.2) is 34.5 Å². The highest BCUT2D eigenvalue weighted by Crippen LogP contribution is 2.53. The molecule has 0 N–H and O–H groups in total. The van der Waals surface area contributed by atoms with E-state index in [0.29, 0.717) is 0 Å². The van der Waals surface area contributed by atoms with E-state index in [-0.39, 0.29) is 38.4 Å². The molecule has 0 atom stereocenters. The van der Waals surface area contributed by atoms with Gasteiger partial charge in [-0.3, -0.25) is 4.90 Å². The average Bonchev–Trinajstić information content (AvgIpc) is 3.96. The van der Waals surface area contributed by atoms with Crippen LogP contribution in [0.5, 0.6) is 34.5 Å². The summed E-state index contributed by atoms with van der Waals surface area (Å²) in [6.07, 6.45) is 0. The molecule has 0 saturated carbocycles. The zero-order valence-corrected chi connectivity index (χ0v) is 31.4. The molecule has 6 aromatic rings. The number of hydrogen-bond acceptors (Lipinski definition) is 9. The number of furan rings is 1. The highest BCUT2D eigenvalue weighted by atomic mass is 16.7. The topological polar surface area (TPSA) is 75.0 Å². The molecule has 0 fully saturated rings. The van der Waals surface area contributed by atoms with Gasteiger partial charge >= 0.3 is 0 Å². The molecule has 10 heteroatoms. The van der Waals surface area contributed by atoms with Crippen LogP contribution < -0.4 is 54.6 Å². The second-order valence-corrected chi connectivity index (χ2v) is 16.2. The van der Waals surface area contributed by atoms with Crippen molar-refractivity contribution in [3.63, 3.8) is 0 Å². The van der Waals surface area contributed by atoms with Gasteiger partial charge in [0.2, 0.25) is 26.3 Å². The van der Waals surface area contributed by atoms with Crippen LogP contribution in [-0.2, 0) is 5.41 Å². The SMILES string of the molecule is Cc1cc2c(c(C)c1N1c3cc(C(C)C)cc4c3B(c3cc5c(cc3N4c3ccc4c(c3)OCO4)OCO5)c3c1oc1ccc(C(C)(C)C)cc31)OCO2. The summed E-state index contributed by atoms with van der Waals surface area (Å²) >= 11 is 0. The maximum Gasteiger partial charge on any atom is 0.257 e. The number of hydrogen-bond donors (Lipinski definition) is 0. The molecule has 0 aliphatic carbocycles. The van der Waals surface area contributed by atoms with E-state index < -0.39 is 0 Å². The van der Waals surface area contributed by atoms with Gasteiger partial charge < -0.3 is 37.7 Å². The molecule has 54 heavy (non-hydrogen) atoms. The van der Waals surface area contributed by atoms with Crippen molar-refractivity contribution in [2.45, 2.75) is 59.8 Å². The number of anilines is 6. The number of nitrogens with zero attached hydrogens (tertiary/aromatic N) is 2. The highest BCUT2D eigenvalue weighted by Gasteiger charge is 2.48. The summed E-state index contributed by atoms with van der Waals surface area (Å²) < 4.78 is 43.0. The number of rotatable bonds is 3. The van der Waals surface area contributed by atoms with Gasteiger partial charge in [0.05, 0.1) is 11.4 Å². The molecule has 5 aliphatic heterocycles. The lowest BCUT2D eigenvalue weighted by Gasteiger charge is -2.43. The molecule has 0 bridgehead atoms. The van der Waals surface area contributed by atoms with Gasteiger partial charge in [0, 0.05) is 45.6 Å². The van der Waals surface area contributed by atoms with Crippen LogP contribution in [0, 0.1) is 13.8 Å². The van der Waals surface area contributed by atoms with Crippen LogP contribution in [0.15, 0.2) is 71.1 Å². The maximum absolute atomic E-state index is 7.13. The predicted octanol–water partition coefficient (Wildman–Crippen LogP) is 8.74. The van der Waals surface area contributed by atoms with Gasteiger partial charge in [-0.25, -0.2) is 0 Å². The zero-order valence-electron chi connectivity index (χ0n) is 31.4. The molecule has 0 spiro atoms. The molecule has 270 valence electrons. The van der Waals surface area contributed by atoms with Crippen LogP contribution in [0.1, 0.15) is 62.8 Å². The minimum atomic E-state index is -0.191. The normalized spacial score (nSPS) is 15.7. The Morgan fingerprint density at radius 1 is 0.648 bits per heavy atom. The van der Waals surface area contributed by atoms with Crippen LogP contribution >= 0.6 is 0 Å². The third-order valence-corrected chi connectivity index (χ3v) is 11.6. The van der Waals surface area contributed by atoms with Gasteiger partial charge in [0.1, 0.15) is 5.58 Å². The lowest BCUT2D eigenvalue weighted by atomic mass is 9.33. The number of aryl methyl sites for hydroxylation is 1. The third kappa shape index (κ3) is 4.28. The average molecular weight is 719 g/mol. The standard InChI is InChI=1S/C44H39BN2O7/c1-22(2)25-13-31-40-32(14-25)47(41-23(3)12-38-42(24(41)4)53-21-52-38)43-39(28-15-26(44(5,6)7)8-10-33(28)54-43)45(40)29-17-36-37(51-20-50-36)18-30(29)46(31)27-9-11-34-35(16-27)49-19-48-34/h8-18,22H,19-21H2,1-7H3. The van der Waals surface area contributed by atoms with Crippen molar-refractivity contribution >= 4 is 68.4 Å². The Morgan fingerprint density at radius 3 is 2.09 bits per heavy atom. The first kappa shape index (κ1) is 31.6. The van der Waals surface area contributed by atoms with E-state index in [4.69, 9.17) is 32.8 Å². The smallest absolute Gasteiger partial charge is 0.257 e. The quantitative estimate of drug-likeness (QED) is 0.167. The molecule has 0 unspecified atom stereocenters. The minimum absolute atomic E-state index is 0.0704.